The van der Waals surface area contributed by atoms with Crippen molar-refractivity contribution in [3.63, 3.8) is 0 Å². The number of nitrogens with zero attached hydrogens (tertiary/aromatic N) is 3. The fraction of sp³-hybridized carbons (Fsp3) is 0.590. The summed E-state index contributed by atoms with van der Waals surface area (Å²) in [5.41, 5.74) is 0.540. The second-order valence-electron chi connectivity index (χ2n) is 14.7. The molecule has 0 aliphatic carbocycles. The van der Waals surface area contributed by atoms with Crippen molar-refractivity contribution in [3.05, 3.63) is 59.7 Å². The molecule has 1 aromatic carbocycles. The third-order valence-corrected chi connectivity index (χ3v) is 9.80. The molecule has 5 amide bonds. The van der Waals surface area contributed by atoms with E-state index in [4.69, 9.17) is 4.74 Å². The fourth-order valence-electron chi connectivity index (χ4n) is 6.87. The first-order chi connectivity index (χ1) is 25.3. The molecule has 0 unspecified atom stereocenters. The molecule has 4 N–H and O–H groups in total. The van der Waals surface area contributed by atoms with Crippen LogP contribution in [0.3, 0.4) is 0 Å². The van der Waals surface area contributed by atoms with Crippen molar-refractivity contribution in [2.45, 2.75) is 122 Å². The average molecular weight is 739 g/mol. The molecule has 13 nitrogen and oxygen atoms in total. The number of likely N-dealkylation sites (N-methyl/N-ethyl adjacent to an activating group) is 1. The van der Waals surface area contributed by atoms with Crippen molar-refractivity contribution < 1.29 is 38.2 Å². The molecule has 4 rings (SSSR count). The minimum Gasteiger partial charge on any atom is -0.477 e. The zero-order valence-electron chi connectivity index (χ0n) is 31.5. The van der Waals surface area contributed by atoms with Crippen molar-refractivity contribution in [3.8, 4) is 5.75 Å². The summed E-state index contributed by atoms with van der Waals surface area (Å²) >= 11 is 0. The van der Waals surface area contributed by atoms with Gasteiger partial charge in [0.2, 0.25) is 17.7 Å². The molecule has 0 spiro atoms. The number of benzene rings is 1. The van der Waals surface area contributed by atoms with Crippen LogP contribution in [0.4, 0.5) is 4.39 Å². The Morgan fingerprint density at radius 3 is 2.42 bits per heavy atom. The van der Waals surface area contributed by atoms with Gasteiger partial charge >= 0.3 is 0 Å². The first-order valence-electron chi connectivity index (χ1n) is 18.7. The summed E-state index contributed by atoms with van der Waals surface area (Å²) in [5, 5.41) is 19.4. The molecule has 1 aromatic heterocycles. The zero-order chi connectivity index (χ0) is 38.7. The maximum Gasteiger partial charge on any atom is 0.260 e. The molecule has 2 aliphatic heterocycles. The highest BCUT2D eigenvalue weighted by molar-refractivity contribution is 6.01. The van der Waals surface area contributed by atoms with Crippen molar-refractivity contribution in [1.29, 1.82) is 0 Å². The average Bonchev–Trinajstić information content (AvgIpc) is 3.52. The van der Waals surface area contributed by atoms with Crippen molar-refractivity contribution >= 4 is 29.5 Å². The Hall–Kier alpha value is -4.59. The summed E-state index contributed by atoms with van der Waals surface area (Å²) in [7, 11) is 1.52. The normalized spacial score (nSPS) is 26.4. The zero-order valence-corrected chi connectivity index (χ0v) is 31.5. The summed E-state index contributed by atoms with van der Waals surface area (Å²) < 4.78 is 20.9. The van der Waals surface area contributed by atoms with Crippen molar-refractivity contribution in [1.82, 2.24) is 30.7 Å². The van der Waals surface area contributed by atoms with Crippen LogP contribution in [0.2, 0.25) is 0 Å². The van der Waals surface area contributed by atoms with E-state index in [0.29, 0.717) is 6.54 Å². The SMILES string of the molecule is CC(C)C[C@H]1NC(=O)c2cccc(F)c2O[C@H](C)C(=O)NCCCCCCC[C@@H](C)NC(=O)[C@H](Cc2cccnc2)N(C)C(=O)[C@H]2C[C@H](O)CN2C1=O. The number of aliphatic hydroxyl groups is 1. The number of aliphatic hydroxyl groups excluding tert-OH is 1. The van der Waals surface area contributed by atoms with Gasteiger partial charge in [0.05, 0.1) is 11.7 Å². The molecular weight excluding hydrogens is 683 g/mol. The first-order valence-corrected chi connectivity index (χ1v) is 18.7. The predicted molar refractivity (Wildman–Crippen MR) is 196 cm³/mol. The lowest BCUT2D eigenvalue weighted by Gasteiger charge is -2.34. The quantitative estimate of drug-likeness (QED) is 0.371. The van der Waals surface area contributed by atoms with Gasteiger partial charge in [0.15, 0.2) is 17.7 Å². The smallest absolute Gasteiger partial charge is 0.260 e. The molecule has 0 radical (unpaired) electrons. The van der Waals surface area contributed by atoms with Gasteiger partial charge in [-0.3, -0.25) is 29.0 Å². The van der Waals surface area contributed by atoms with Gasteiger partial charge in [-0.1, -0.05) is 51.7 Å². The van der Waals surface area contributed by atoms with Crippen LogP contribution in [-0.2, 0) is 25.6 Å². The van der Waals surface area contributed by atoms with Gasteiger partial charge in [0.1, 0.15) is 18.1 Å². The molecule has 14 heteroatoms. The Balaban J connectivity index is 1.67. The minimum atomic E-state index is -1.16. The van der Waals surface area contributed by atoms with E-state index >= 15 is 4.39 Å². The van der Waals surface area contributed by atoms with Crippen molar-refractivity contribution in [2.75, 3.05) is 20.1 Å². The predicted octanol–water partition coefficient (Wildman–Crippen LogP) is 3.14. The summed E-state index contributed by atoms with van der Waals surface area (Å²) in [4.78, 5) is 75.8. The van der Waals surface area contributed by atoms with Gasteiger partial charge in [-0.2, -0.15) is 0 Å². The van der Waals surface area contributed by atoms with Crippen LogP contribution in [-0.4, -0.2) is 106 Å². The molecule has 2 aliphatic rings. The Morgan fingerprint density at radius 1 is 0.962 bits per heavy atom. The largest absolute Gasteiger partial charge is 0.477 e. The summed E-state index contributed by atoms with van der Waals surface area (Å²) in [6.45, 7) is 7.36. The monoisotopic (exact) mass is 738 g/mol. The van der Waals surface area contributed by atoms with Crippen molar-refractivity contribution in [2.24, 2.45) is 5.92 Å². The number of rotatable bonds is 4. The number of hydrogen-bond donors (Lipinski definition) is 4. The highest BCUT2D eigenvalue weighted by Gasteiger charge is 2.44. The maximum absolute atomic E-state index is 15.2. The second-order valence-corrected chi connectivity index (χ2v) is 14.7. The molecule has 290 valence electrons. The topological polar surface area (TPSA) is 170 Å². The standard InChI is InChI=1S/C39H55FN6O7/c1-24(2)19-31-38(51)46-23-28(47)21-33(46)39(52)45(5)32(20-27-14-12-17-41-22-27)37(50)43-25(3)13-9-7-6-8-10-18-42-35(48)26(4)53-34-29(36(49)44-31)15-11-16-30(34)40/h11-12,14-17,22,24-26,28,31-33,47H,6-10,13,18-21,23H2,1-5H3,(H,42,48)(H,43,50)(H,44,49)/t25-,26-,28+,31-,32+,33-/m1/s1. The number of aromatic nitrogens is 1. The number of halogens is 1. The number of carbonyl (C=O) groups is 5. The molecule has 53 heavy (non-hydrogen) atoms. The third-order valence-electron chi connectivity index (χ3n) is 9.80. The highest BCUT2D eigenvalue weighted by Crippen LogP contribution is 2.27. The number of ether oxygens (including phenoxy) is 1. The van der Waals surface area contributed by atoms with Gasteiger partial charge in [0, 0.05) is 51.4 Å². The van der Waals surface area contributed by atoms with Crippen LogP contribution < -0.4 is 20.7 Å². The lowest BCUT2D eigenvalue weighted by Crippen LogP contribution is -2.57. The fourth-order valence-corrected chi connectivity index (χ4v) is 6.87. The van der Waals surface area contributed by atoms with Crippen LogP contribution in [0, 0.1) is 11.7 Å². The van der Waals surface area contributed by atoms with Crippen LogP contribution in [0.1, 0.15) is 95.0 Å². The highest BCUT2D eigenvalue weighted by atomic mass is 19.1. The van der Waals surface area contributed by atoms with Crippen LogP contribution in [0.25, 0.3) is 0 Å². The van der Waals surface area contributed by atoms with Gasteiger partial charge in [-0.05, 0) is 62.8 Å². The van der Waals surface area contributed by atoms with E-state index in [0.717, 1.165) is 50.2 Å². The molecular formula is C39H55FN6O7. The number of para-hydroxylation sites is 1. The molecule has 0 bridgehead atoms. The van der Waals surface area contributed by atoms with E-state index in [1.165, 1.54) is 35.9 Å². The van der Waals surface area contributed by atoms with E-state index in [2.05, 4.69) is 20.9 Å². The summed E-state index contributed by atoms with van der Waals surface area (Å²) in [6, 6.07) is 4.00. The lowest BCUT2D eigenvalue weighted by atomic mass is 10.0. The number of fused-ring (bicyclic) bond motifs is 2. The van der Waals surface area contributed by atoms with E-state index in [9.17, 15) is 29.1 Å². The number of nitrogens with one attached hydrogen (secondary N) is 3. The number of amides is 5. The van der Waals surface area contributed by atoms with Crippen LogP contribution in [0.15, 0.2) is 42.7 Å². The Morgan fingerprint density at radius 2 is 1.70 bits per heavy atom. The van der Waals surface area contributed by atoms with Crippen LogP contribution >= 0.6 is 0 Å². The summed E-state index contributed by atoms with van der Waals surface area (Å²) in [6.07, 6.45) is 6.46. The van der Waals surface area contributed by atoms with Gasteiger partial charge in [0.25, 0.3) is 11.8 Å². The molecule has 0 saturated carbocycles. The van der Waals surface area contributed by atoms with Gasteiger partial charge in [-0.15, -0.1) is 0 Å². The lowest BCUT2D eigenvalue weighted by molar-refractivity contribution is -0.147. The van der Waals surface area contributed by atoms with Gasteiger partial charge in [-0.25, -0.2) is 4.39 Å². The van der Waals surface area contributed by atoms with Gasteiger partial charge < -0.3 is 35.6 Å². The second kappa shape index (κ2) is 19.5. The van der Waals surface area contributed by atoms with E-state index in [-0.39, 0.29) is 49.2 Å². The van der Waals surface area contributed by atoms with E-state index in [1.807, 2.05) is 26.8 Å². The number of hydrogen-bond acceptors (Lipinski definition) is 8. The Bertz CT molecular complexity index is 1580. The third kappa shape index (κ3) is 11.4. The molecule has 1 fully saturated rings. The maximum atomic E-state index is 15.2. The first kappa shape index (κ1) is 41.2. The Kier molecular flexibility index (Phi) is 15.1. The van der Waals surface area contributed by atoms with Crippen LogP contribution in [0.5, 0.6) is 5.75 Å². The summed E-state index contributed by atoms with van der Waals surface area (Å²) in [5.74, 6) is -4.11. The molecule has 2 aromatic rings. The molecule has 1 saturated heterocycles. The minimum absolute atomic E-state index is 0.0588. The molecule has 3 heterocycles. The van der Waals surface area contributed by atoms with E-state index in [1.54, 1.807) is 18.5 Å². The van der Waals surface area contributed by atoms with E-state index < -0.39 is 65.5 Å². The molecule has 6 atom stereocenters. The number of pyridine rings is 1. The number of carbonyl (C=O) groups excluding carboxylic acids is 5. The Labute approximate surface area is 311 Å².